The summed E-state index contributed by atoms with van der Waals surface area (Å²) in [5, 5.41) is 3.98. The quantitative estimate of drug-likeness (QED) is 0.859. The SMILES string of the molecule is CCOCC(C)(N)c1noc(CC(C)C(C)(C)C)n1. The summed E-state index contributed by atoms with van der Waals surface area (Å²) >= 11 is 0. The zero-order valence-corrected chi connectivity index (χ0v) is 13.0. The first kappa shape index (κ1) is 16.1. The Morgan fingerprint density at radius 1 is 1.32 bits per heavy atom. The van der Waals surface area contributed by atoms with Crippen molar-refractivity contribution < 1.29 is 9.26 Å². The number of hydrogen-bond acceptors (Lipinski definition) is 5. The van der Waals surface area contributed by atoms with Crippen molar-refractivity contribution in [1.29, 1.82) is 0 Å². The molecule has 1 heterocycles. The van der Waals surface area contributed by atoms with Gasteiger partial charge in [0, 0.05) is 13.0 Å². The molecule has 0 aliphatic rings. The molecule has 0 saturated carbocycles. The minimum absolute atomic E-state index is 0.214. The van der Waals surface area contributed by atoms with Crippen LogP contribution in [0.3, 0.4) is 0 Å². The van der Waals surface area contributed by atoms with E-state index in [0.29, 0.717) is 30.8 Å². The van der Waals surface area contributed by atoms with E-state index < -0.39 is 5.54 Å². The predicted molar refractivity (Wildman–Crippen MR) is 74.7 cm³/mol. The van der Waals surface area contributed by atoms with Gasteiger partial charge in [-0.05, 0) is 25.2 Å². The van der Waals surface area contributed by atoms with Gasteiger partial charge in [-0.25, -0.2) is 0 Å². The number of nitrogens with zero attached hydrogens (tertiary/aromatic N) is 2. The molecule has 1 rings (SSSR count). The maximum absolute atomic E-state index is 6.14. The van der Waals surface area contributed by atoms with Gasteiger partial charge in [0.25, 0.3) is 0 Å². The molecule has 2 unspecified atom stereocenters. The van der Waals surface area contributed by atoms with Crippen LogP contribution in [0, 0.1) is 11.3 Å². The standard InChI is InChI=1S/C14H27N3O2/c1-7-18-9-14(6,15)12-16-11(19-17-12)8-10(2)13(3,4)5/h10H,7-9,15H2,1-6H3. The van der Waals surface area contributed by atoms with Gasteiger partial charge >= 0.3 is 0 Å². The van der Waals surface area contributed by atoms with Crippen molar-refractivity contribution in [2.24, 2.45) is 17.1 Å². The highest BCUT2D eigenvalue weighted by Crippen LogP contribution is 2.28. The predicted octanol–water partition coefficient (Wildman–Crippen LogP) is 2.50. The third-order valence-corrected chi connectivity index (χ3v) is 3.54. The summed E-state index contributed by atoms with van der Waals surface area (Å²) < 4.78 is 10.7. The summed E-state index contributed by atoms with van der Waals surface area (Å²) in [6, 6.07) is 0. The maximum atomic E-state index is 6.14. The molecule has 0 aliphatic heterocycles. The Morgan fingerprint density at radius 2 is 1.95 bits per heavy atom. The van der Waals surface area contributed by atoms with Gasteiger partial charge in [-0.3, -0.25) is 0 Å². The fourth-order valence-corrected chi connectivity index (χ4v) is 1.52. The Morgan fingerprint density at radius 3 is 2.47 bits per heavy atom. The molecule has 0 amide bonds. The largest absolute Gasteiger partial charge is 0.379 e. The van der Waals surface area contributed by atoms with Gasteiger partial charge in [-0.15, -0.1) is 0 Å². The molecule has 110 valence electrons. The molecule has 0 saturated heterocycles. The van der Waals surface area contributed by atoms with Crippen LogP contribution in [0.5, 0.6) is 0 Å². The minimum atomic E-state index is -0.706. The van der Waals surface area contributed by atoms with Crippen LogP contribution in [0.4, 0.5) is 0 Å². The number of aromatic nitrogens is 2. The summed E-state index contributed by atoms with van der Waals surface area (Å²) in [5.41, 5.74) is 5.65. The van der Waals surface area contributed by atoms with E-state index in [1.807, 2.05) is 13.8 Å². The molecule has 0 spiro atoms. The van der Waals surface area contributed by atoms with Crippen LogP contribution < -0.4 is 5.73 Å². The fraction of sp³-hybridized carbons (Fsp3) is 0.857. The molecule has 1 aromatic heterocycles. The Balaban J connectivity index is 2.72. The van der Waals surface area contributed by atoms with Crippen LogP contribution in [-0.4, -0.2) is 23.4 Å². The Labute approximate surface area is 115 Å². The van der Waals surface area contributed by atoms with Gasteiger partial charge in [0.2, 0.25) is 5.89 Å². The molecule has 0 radical (unpaired) electrons. The molecule has 19 heavy (non-hydrogen) atoms. The summed E-state index contributed by atoms with van der Waals surface area (Å²) in [4.78, 5) is 4.41. The van der Waals surface area contributed by atoms with Gasteiger partial charge in [0.15, 0.2) is 5.82 Å². The van der Waals surface area contributed by atoms with Crippen molar-refractivity contribution in [2.45, 2.75) is 53.5 Å². The first-order valence-corrected chi connectivity index (χ1v) is 6.86. The van der Waals surface area contributed by atoms with E-state index in [-0.39, 0.29) is 5.41 Å². The lowest BCUT2D eigenvalue weighted by Crippen LogP contribution is -2.39. The Hall–Kier alpha value is -0.940. The topological polar surface area (TPSA) is 74.2 Å². The summed E-state index contributed by atoms with van der Waals surface area (Å²) in [6.07, 6.45) is 0.765. The highest BCUT2D eigenvalue weighted by Gasteiger charge is 2.29. The van der Waals surface area contributed by atoms with E-state index in [0.717, 1.165) is 6.42 Å². The fourth-order valence-electron chi connectivity index (χ4n) is 1.52. The van der Waals surface area contributed by atoms with Crippen LogP contribution in [0.2, 0.25) is 0 Å². The normalized spacial score (nSPS) is 17.2. The van der Waals surface area contributed by atoms with E-state index in [1.165, 1.54) is 0 Å². The van der Waals surface area contributed by atoms with E-state index >= 15 is 0 Å². The van der Waals surface area contributed by atoms with Gasteiger partial charge in [-0.2, -0.15) is 4.98 Å². The van der Waals surface area contributed by atoms with Gasteiger partial charge in [0.05, 0.1) is 6.61 Å². The molecule has 0 aromatic carbocycles. The highest BCUT2D eigenvalue weighted by atomic mass is 16.5. The number of rotatable bonds is 6. The first-order chi connectivity index (χ1) is 8.66. The summed E-state index contributed by atoms with van der Waals surface area (Å²) in [7, 11) is 0. The van der Waals surface area contributed by atoms with Crippen molar-refractivity contribution in [3.63, 3.8) is 0 Å². The average molecular weight is 269 g/mol. The highest BCUT2D eigenvalue weighted by molar-refractivity contribution is 5.02. The molecule has 2 atom stereocenters. The van der Waals surface area contributed by atoms with E-state index in [4.69, 9.17) is 15.0 Å². The lowest BCUT2D eigenvalue weighted by Gasteiger charge is -2.25. The smallest absolute Gasteiger partial charge is 0.227 e. The summed E-state index contributed by atoms with van der Waals surface area (Å²) in [5.74, 6) is 1.61. The van der Waals surface area contributed by atoms with E-state index in [1.54, 1.807) is 0 Å². The third kappa shape index (κ3) is 4.58. The van der Waals surface area contributed by atoms with Gasteiger partial charge < -0.3 is 15.0 Å². The Kier molecular flexibility index (Phi) is 5.10. The number of ether oxygens (including phenoxy) is 1. The number of nitrogens with two attached hydrogens (primary N) is 1. The lowest BCUT2D eigenvalue weighted by molar-refractivity contribution is 0.0962. The van der Waals surface area contributed by atoms with Crippen LogP contribution in [0.25, 0.3) is 0 Å². The van der Waals surface area contributed by atoms with Crippen molar-refractivity contribution in [1.82, 2.24) is 10.1 Å². The molecule has 0 fully saturated rings. The van der Waals surface area contributed by atoms with Gasteiger partial charge in [0.1, 0.15) is 5.54 Å². The molecule has 5 heteroatoms. The zero-order chi connectivity index (χ0) is 14.7. The second-order valence-corrected chi connectivity index (χ2v) is 6.54. The van der Waals surface area contributed by atoms with Crippen molar-refractivity contribution in [3.8, 4) is 0 Å². The van der Waals surface area contributed by atoms with Crippen molar-refractivity contribution >= 4 is 0 Å². The molecule has 1 aromatic rings. The second kappa shape index (κ2) is 6.01. The lowest BCUT2D eigenvalue weighted by atomic mass is 9.80. The minimum Gasteiger partial charge on any atom is -0.379 e. The molecule has 5 nitrogen and oxygen atoms in total. The van der Waals surface area contributed by atoms with Crippen LogP contribution in [0.1, 0.15) is 53.3 Å². The summed E-state index contributed by atoms with van der Waals surface area (Å²) in [6.45, 7) is 13.6. The van der Waals surface area contributed by atoms with Crippen molar-refractivity contribution in [3.05, 3.63) is 11.7 Å². The molecular formula is C14H27N3O2. The second-order valence-electron chi connectivity index (χ2n) is 6.54. The van der Waals surface area contributed by atoms with Gasteiger partial charge in [-0.1, -0.05) is 32.9 Å². The monoisotopic (exact) mass is 269 g/mol. The Bertz CT molecular complexity index is 394. The average Bonchev–Trinajstić information content (AvgIpc) is 2.74. The number of hydrogen-bond donors (Lipinski definition) is 1. The molecule has 0 aliphatic carbocycles. The van der Waals surface area contributed by atoms with Crippen LogP contribution in [-0.2, 0) is 16.7 Å². The third-order valence-electron chi connectivity index (χ3n) is 3.54. The first-order valence-electron chi connectivity index (χ1n) is 6.86. The van der Waals surface area contributed by atoms with E-state index in [2.05, 4.69) is 37.8 Å². The maximum Gasteiger partial charge on any atom is 0.227 e. The zero-order valence-electron chi connectivity index (χ0n) is 13.0. The molecular weight excluding hydrogens is 242 g/mol. The van der Waals surface area contributed by atoms with Crippen LogP contribution in [0.15, 0.2) is 4.52 Å². The van der Waals surface area contributed by atoms with Crippen LogP contribution >= 0.6 is 0 Å². The van der Waals surface area contributed by atoms with E-state index in [9.17, 15) is 0 Å². The molecule has 0 bridgehead atoms. The van der Waals surface area contributed by atoms with Crippen molar-refractivity contribution in [2.75, 3.05) is 13.2 Å². The molecule has 2 N–H and O–H groups in total.